The molecule has 5 heteroatoms. The summed E-state index contributed by atoms with van der Waals surface area (Å²) in [6.07, 6.45) is -0.143. The van der Waals surface area contributed by atoms with Crippen molar-refractivity contribution in [1.29, 1.82) is 0 Å². The van der Waals surface area contributed by atoms with Gasteiger partial charge in [0, 0.05) is 17.9 Å². The molecule has 0 radical (unpaired) electrons. The SMILES string of the molecule is Cc1ccc(C(O)Cc2c(Cl)c(C)nn2C)cc1Br. The summed E-state index contributed by atoms with van der Waals surface area (Å²) in [5.41, 5.74) is 3.65. The maximum Gasteiger partial charge on any atom is 0.0848 e. The molecule has 0 spiro atoms. The lowest BCUT2D eigenvalue weighted by Crippen LogP contribution is -2.07. The fourth-order valence-corrected chi connectivity index (χ4v) is 2.65. The van der Waals surface area contributed by atoms with Gasteiger partial charge in [0.15, 0.2) is 0 Å². The summed E-state index contributed by atoms with van der Waals surface area (Å²) < 4.78 is 2.72. The molecule has 19 heavy (non-hydrogen) atoms. The second kappa shape index (κ2) is 5.65. The van der Waals surface area contributed by atoms with Gasteiger partial charge in [-0.1, -0.05) is 39.7 Å². The number of hydrogen-bond donors (Lipinski definition) is 1. The van der Waals surface area contributed by atoms with Gasteiger partial charge < -0.3 is 5.11 Å². The number of aryl methyl sites for hydroxylation is 3. The van der Waals surface area contributed by atoms with E-state index in [1.165, 1.54) is 0 Å². The zero-order chi connectivity index (χ0) is 14.2. The molecule has 3 nitrogen and oxygen atoms in total. The highest BCUT2D eigenvalue weighted by Gasteiger charge is 2.17. The van der Waals surface area contributed by atoms with Crippen LogP contribution in [0.1, 0.15) is 28.6 Å². The average Bonchev–Trinajstić information content (AvgIpc) is 2.59. The van der Waals surface area contributed by atoms with Crippen LogP contribution in [0.2, 0.25) is 5.02 Å². The zero-order valence-electron chi connectivity index (χ0n) is 11.1. The largest absolute Gasteiger partial charge is 0.388 e. The number of aliphatic hydroxyl groups is 1. The van der Waals surface area contributed by atoms with E-state index in [1.54, 1.807) is 4.68 Å². The van der Waals surface area contributed by atoms with Crippen LogP contribution in [0.5, 0.6) is 0 Å². The topological polar surface area (TPSA) is 38.1 Å². The molecule has 1 aromatic carbocycles. The molecule has 0 saturated heterocycles. The van der Waals surface area contributed by atoms with E-state index in [2.05, 4.69) is 21.0 Å². The summed E-state index contributed by atoms with van der Waals surface area (Å²) >= 11 is 9.68. The third-order valence-electron chi connectivity index (χ3n) is 3.23. The first-order chi connectivity index (χ1) is 8.90. The van der Waals surface area contributed by atoms with Crippen molar-refractivity contribution in [2.75, 3.05) is 0 Å². The Balaban J connectivity index is 2.25. The molecule has 102 valence electrons. The minimum atomic E-state index is -0.593. The lowest BCUT2D eigenvalue weighted by atomic mass is 10.0. The van der Waals surface area contributed by atoms with Crippen molar-refractivity contribution in [2.24, 2.45) is 7.05 Å². The van der Waals surface area contributed by atoms with Gasteiger partial charge in [0.25, 0.3) is 0 Å². The minimum Gasteiger partial charge on any atom is -0.388 e. The van der Waals surface area contributed by atoms with E-state index in [0.29, 0.717) is 11.4 Å². The Morgan fingerprint density at radius 2 is 2.11 bits per heavy atom. The quantitative estimate of drug-likeness (QED) is 0.922. The number of halogens is 2. The Kier molecular flexibility index (Phi) is 4.33. The number of rotatable bonds is 3. The molecular formula is C14H16BrClN2O. The Bertz CT molecular complexity index is 610. The number of aliphatic hydroxyl groups excluding tert-OH is 1. The van der Waals surface area contributed by atoms with Crippen LogP contribution in [-0.4, -0.2) is 14.9 Å². The van der Waals surface area contributed by atoms with Gasteiger partial charge in [0.05, 0.1) is 22.5 Å². The normalized spacial score (nSPS) is 12.7. The summed E-state index contributed by atoms with van der Waals surface area (Å²) in [6, 6.07) is 5.86. The first kappa shape index (κ1) is 14.6. The molecule has 1 heterocycles. The van der Waals surface area contributed by atoms with Gasteiger partial charge in [-0.25, -0.2) is 0 Å². The number of nitrogens with zero attached hydrogens (tertiary/aromatic N) is 2. The maximum absolute atomic E-state index is 10.3. The highest BCUT2D eigenvalue weighted by Crippen LogP contribution is 2.27. The van der Waals surface area contributed by atoms with Crippen LogP contribution in [0.3, 0.4) is 0 Å². The molecule has 0 saturated carbocycles. The lowest BCUT2D eigenvalue weighted by molar-refractivity contribution is 0.175. The highest BCUT2D eigenvalue weighted by molar-refractivity contribution is 9.10. The number of hydrogen-bond acceptors (Lipinski definition) is 2. The molecule has 1 unspecified atom stereocenters. The lowest BCUT2D eigenvalue weighted by Gasteiger charge is -2.13. The van der Waals surface area contributed by atoms with Crippen molar-refractivity contribution in [2.45, 2.75) is 26.4 Å². The highest BCUT2D eigenvalue weighted by atomic mass is 79.9. The van der Waals surface area contributed by atoms with E-state index in [9.17, 15) is 5.11 Å². The molecule has 1 N–H and O–H groups in total. The van der Waals surface area contributed by atoms with E-state index >= 15 is 0 Å². The molecule has 2 rings (SSSR count). The molecule has 0 bridgehead atoms. The minimum absolute atomic E-state index is 0.450. The van der Waals surface area contributed by atoms with Gasteiger partial charge in [-0.05, 0) is 31.0 Å². The molecule has 0 aliphatic rings. The van der Waals surface area contributed by atoms with Crippen LogP contribution >= 0.6 is 27.5 Å². The Morgan fingerprint density at radius 1 is 1.42 bits per heavy atom. The zero-order valence-corrected chi connectivity index (χ0v) is 13.5. The van der Waals surface area contributed by atoms with Crippen LogP contribution in [0.4, 0.5) is 0 Å². The molecule has 1 aromatic heterocycles. The molecule has 0 aliphatic carbocycles. The second-order valence-corrected chi connectivity index (χ2v) is 5.93. The van der Waals surface area contributed by atoms with Gasteiger partial charge in [0.1, 0.15) is 0 Å². The van der Waals surface area contributed by atoms with Crippen molar-refractivity contribution in [3.63, 3.8) is 0 Å². The van der Waals surface area contributed by atoms with Crippen LogP contribution in [0, 0.1) is 13.8 Å². The molecule has 0 amide bonds. The van der Waals surface area contributed by atoms with E-state index in [0.717, 1.165) is 27.0 Å². The summed E-state index contributed by atoms with van der Waals surface area (Å²) in [5, 5.41) is 15.2. The standard InChI is InChI=1S/C14H16BrClN2O/c1-8-4-5-10(6-11(8)15)13(19)7-12-14(16)9(2)17-18(12)3/h4-6,13,19H,7H2,1-3H3. The predicted octanol–water partition coefficient (Wildman–Crippen LogP) is 3.73. The molecule has 0 aliphatic heterocycles. The second-order valence-electron chi connectivity index (χ2n) is 4.70. The Labute approximate surface area is 126 Å². The molecule has 2 aromatic rings. The first-order valence-electron chi connectivity index (χ1n) is 6.02. The smallest absolute Gasteiger partial charge is 0.0848 e. The van der Waals surface area contributed by atoms with Gasteiger partial charge >= 0.3 is 0 Å². The maximum atomic E-state index is 10.3. The summed E-state index contributed by atoms with van der Waals surface area (Å²) in [5.74, 6) is 0. The monoisotopic (exact) mass is 342 g/mol. The predicted molar refractivity (Wildman–Crippen MR) is 80.5 cm³/mol. The van der Waals surface area contributed by atoms with Crippen molar-refractivity contribution < 1.29 is 5.11 Å². The fraction of sp³-hybridized carbons (Fsp3) is 0.357. The Hall–Kier alpha value is -0.840. The van der Waals surface area contributed by atoms with E-state index in [4.69, 9.17) is 11.6 Å². The summed E-state index contributed by atoms with van der Waals surface area (Å²) in [6.45, 7) is 3.88. The van der Waals surface area contributed by atoms with Crippen molar-refractivity contribution in [1.82, 2.24) is 9.78 Å². The van der Waals surface area contributed by atoms with Crippen LogP contribution < -0.4 is 0 Å². The first-order valence-corrected chi connectivity index (χ1v) is 7.19. The third kappa shape index (κ3) is 3.02. The van der Waals surface area contributed by atoms with Crippen molar-refractivity contribution >= 4 is 27.5 Å². The molecule has 1 atom stereocenters. The van der Waals surface area contributed by atoms with Crippen LogP contribution in [0.15, 0.2) is 22.7 Å². The van der Waals surface area contributed by atoms with Gasteiger partial charge in [-0.3, -0.25) is 4.68 Å². The number of aromatic nitrogens is 2. The van der Waals surface area contributed by atoms with Crippen LogP contribution in [0.25, 0.3) is 0 Å². The summed E-state index contributed by atoms with van der Waals surface area (Å²) in [7, 11) is 1.84. The van der Waals surface area contributed by atoms with Crippen molar-refractivity contribution in [3.05, 3.63) is 50.2 Å². The molecular weight excluding hydrogens is 328 g/mol. The molecule has 0 fully saturated rings. The Morgan fingerprint density at radius 3 is 2.63 bits per heavy atom. The summed E-state index contributed by atoms with van der Waals surface area (Å²) in [4.78, 5) is 0. The number of benzene rings is 1. The third-order valence-corrected chi connectivity index (χ3v) is 4.57. The fourth-order valence-electron chi connectivity index (χ4n) is 2.02. The average molecular weight is 344 g/mol. The van der Waals surface area contributed by atoms with Gasteiger partial charge in [-0.15, -0.1) is 0 Å². The van der Waals surface area contributed by atoms with Crippen molar-refractivity contribution in [3.8, 4) is 0 Å². The van der Waals surface area contributed by atoms with Crippen LogP contribution in [-0.2, 0) is 13.5 Å². The van der Waals surface area contributed by atoms with E-state index in [1.807, 2.05) is 39.1 Å². The van der Waals surface area contributed by atoms with Gasteiger partial charge in [-0.2, -0.15) is 5.10 Å². The van der Waals surface area contributed by atoms with Gasteiger partial charge in [0.2, 0.25) is 0 Å². The van der Waals surface area contributed by atoms with E-state index in [-0.39, 0.29) is 0 Å². The van der Waals surface area contributed by atoms with E-state index < -0.39 is 6.10 Å².